The third-order valence-corrected chi connectivity index (χ3v) is 2.28. The maximum Gasteiger partial charge on any atom is 0.218 e. The summed E-state index contributed by atoms with van der Waals surface area (Å²) in [4.78, 5) is 3.88. The van der Waals surface area contributed by atoms with E-state index in [-0.39, 0.29) is 12.6 Å². The highest BCUT2D eigenvalue weighted by molar-refractivity contribution is 5.26. The van der Waals surface area contributed by atoms with Gasteiger partial charge in [0.15, 0.2) is 0 Å². The lowest BCUT2D eigenvalue weighted by Gasteiger charge is -2.13. The van der Waals surface area contributed by atoms with Crippen LogP contribution in [0.5, 0.6) is 5.88 Å². The molecule has 82 valence electrons. The van der Waals surface area contributed by atoms with E-state index in [4.69, 9.17) is 15.2 Å². The summed E-state index contributed by atoms with van der Waals surface area (Å²) in [7, 11) is 0. The first-order chi connectivity index (χ1) is 7.29. The standard InChI is InChI=1S/C10H13FN2O2/c11-8-3-7(4-12)10(13-5-8)15-9-1-2-14-6-9/h3,5,9H,1-2,4,6,12H2. The van der Waals surface area contributed by atoms with E-state index in [0.717, 1.165) is 12.6 Å². The van der Waals surface area contributed by atoms with Gasteiger partial charge in [-0.2, -0.15) is 0 Å². The molecule has 0 radical (unpaired) electrons. The van der Waals surface area contributed by atoms with E-state index >= 15 is 0 Å². The average molecular weight is 212 g/mol. The fraction of sp³-hybridized carbons (Fsp3) is 0.500. The van der Waals surface area contributed by atoms with Crippen LogP contribution in [-0.4, -0.2) is 24.3 Å². The Kier molecular flexibility index (Phi) is 3.13. The van der Waals surface area contributed by atoms with Gasteiger partial charge in [-0.05, 0) is 6.07 Å². The second-order valence-corrected chi connectivity index (χ2v) is 3.43. The highest BCUT2D eigenvalue weighted by atomic mass is 19.1. The lowest BCUT2D eigenvalue weighted by atomic mass is 10.2. The molecule has 1 atom stereocenters. The molecule has 1 fully saturated rings. The molecule has 2 rings (SSSR count). The minimum absolute atomic E-state index is 0.00765. The molecule has 1 saturated heterocycles. The zero-order valence-electron chi connectivity index (χ0n) is 8.28. The number of hydrogen-bond donors (Lipinski definition) is 1. The summed E-state index contributed by atoms with van der Waals surface area (Å²) >= 11 is 0. The van der Waals surface area contributed by atoms with Gasteiger partial charge in [0.2, 0.25) is 5.88 Å². The van der Waals surface area contributed by atoms with Gasteiger partial charge in [-0.15, -0.1) is 0 Å². The molecule has 0 amide bonds. The van der Waals surface area contributed by atoms with Crippen molar-refractivity contribution in [1.82, 2.24) is 4.98 Å². The van der Waals surface area contributed by atoms with Gasteiger partial charge in [0.1, 0.15) is 11.9 Å². The van der Waals surface area contributed by atoms with Crippen LogP contribution < -0.4 is 10.5 Å². The van der Waals surface area contributed by atoms with Crippen LogP contribution in [0, 0.1) is 5.82 Å². The molecule has 1 aromatic heterocycles. The summed E-state index contributed by atoms with van der Waals surface area (Å²) in [6.45, 7) is 1.47. The minimum atomic E-state index is -0.398. The number of halogens is 1. The molecule has 4 nitrogen and oxygen atoms in total. The molecule has 0 saturated carbocycles. The van der Waals surface area contributed by atoms with Crippen LogP contribution in [0.2, 0.25) is 0 Å². The molecule has 2 N–H and O–H groups in total. The number of ether oxygens (including phenoxy) is 2. The molecule has 1 unspecified atom stereocenters. The van der Waals surface area contributed by atoms with Crippen LogP contribution in [0.25, 0.3) is 0 Å². The molecule has 0 aromatic carbocycles. The molecular weight excluding hydrogens is 199 g/mol. The second-order valence-electron chi connectivity index (χ2n) is 3.43. The van der Waals surface area contributed by atoms with Gasteiger partial charge < -0.3 is 15.2 Å². The molecule has 1 aliphatic heterocycles. The van der Waals surface area contributed by atoms with Crippen molar-refractivity contribution in [1.29, 1.82) is 0 Å². The van der Waals surface area contributed by atoms with Crippen molar-refractivity contribution >= 4 is 0 Å². The first-order valence-electron chi connectivity index (χ1n) is 4.88. The first kappa shape index (κ1) is 10.3. The Bertz CT molecular complexity index is 340. The minimum Gasteiger partial charge on any atom is -0.472 e. The maximum atomic E-state index is 12.8. The van der Waals surface area contributed by atoms with Crippen LogP contribution in [0.4, 0.5) is 4.39 Å². The second kappa shape index (κ2) is 4.55. The Morgan fingerprint density at radius 1 is 1.67 bits per heavy atom. The lowest BCUT2D eigenvalue weighted by Crippen LogP contribution is -2.18. The highest BCUT2D eigenvalue weighted by Gasteiger charge is 2.19. The van der Waals surface area contributed by atoms with Crippen molar-refractivity contribution in [3.05, 3.63) is 23.6 Å². The van der Waals surface area contributed by atoms with E-state index in [1.807, 2.05) is 0 Å². The van der Waals surface area contributed by atoms with Gasteiger partial charge in [-0.3, -0.25) is 0 Å². The van der Waals surface area contributed by atoms with Crippen molar-refractivity contribution in [2.45, 2.75) is 19.1 Å². The van der Waals surface area contributed by atoms with E-state index in [2.05, 4.69) is 4.98 Å². The van der Waals surface area contributed by atoms with Gasteiger partial charge in [-0.1, -0.05) is 0 Å². The fourth-order valence-corrected chi connectivity index (χ4v) is 1.48. The molecule has 0 bridgehead atoms. The quantitative estimate of drug-likeness (QED) is 0.806. The van der Waals surface area contributed by atoms with E-state index in [9.17, 15) is 4.39 Å². The largest absolute Gasteiger partial charge is 0.472 e. The van der Waals surface area contributed by atoms with Crippen molar-refractivity contribution < 1.29 is 13.9 Å². The predicted octanol–water partition coefficient (Wildman–Crippen LogP) is 0.847. The number of pyridine rings is 1. The zero-order chi connectivity index (χ0) is 10.7. The molecule has 15 heavy (non-hydrogen) atoms. The van der Waals surface area contributed by atoms with Crippen LogP contribution in [0.3, 0.4) is 0 Å². The Balaban J connectivity index is 2.12. The Hall–Kier alpha value is -1.20. The number of rotatable bonds is 3. The number of hydrogen-bond acceptors (Lipinski definition) is 4. The van der Waals surface area contributed by atoms with E-state index in [0.29, 0.717) is 24.7 Å². The highest BCUT2D eigenvalue weighted by Crippen LogP contribution is 2.19. The van der Waals surface area contributed by atoms with Gasteiger partial charge in [0.05, 0.1) is 19.4 Å². The van der Waals surface area contributed by atoms with E-state index in [1.54, 1.807) is 0 Å². The third-order valence-electron chi connectivity index (χ3n) is 2.28. The molecular formula is C10H13FN2O2. The molecule has 1 aliphatic rings. The van der Waals surface area contributed by atoms with E-state index in [1.165, 1.54) is 6.07 Å². The Morgan fingerprint density at radius 2 is 2.53 bits per heavy atom. The average Bonchev–Trinajstić information content (AvgIpc) is 2.73. The number of nitrogens with two attached hydrogens (primary N) is 1. The van der Waals surface area contributed by atoms with Gasteiger partial charge in [0.25, 0.3) is 0 Å². The Labute approximate surface area is 87.2 Å². The van der Waals surface area contributed by atoms with E-state index < -0.39 is 5.82 Å². The smallest absolute Gasteiger partial charge is 0.218 e. The van der Waals surface area contributed by atoms with Gasteiger partial charge in [-0.25, -0.2) is 9.37 Å². The summed E-state index contributed by atoms with van der Waals surface area (Å²) in [5.41, 5.74) is 6.06. The van der Waals surface area contributed by atoms with Crippen molar-refractivity contribution in [3.8, 4) is 5.88 Å². The van der Waals surface area contributed by atoms with Gasteiger partial charge >= 0.3 is 0 Å². The number of aromatic nitrogens is 1. The molecule has 5 heteroatoms. The SMILES string of the molecule is NCc1cc(F)cnc1OC1CCOC1. The normalized spacial score (nSPS) is 20.5. The maximum absolute atomic E-state index is 12.8. The van der Waals surface area contributed by atoms with Crippen LogP contribution in [0.15, 0.2) is 12.3 Å². The topological polar surface area (TPSA) is 57.4 Å². The van der Waals surface area contributed by atoms with Crippen LogP contribution in [-0.2, 0) is 11.3 Å². The van der Waals surface area contributed by atoms with Crippen LogP contribution >= 0.6 is 0 Å². The zero-order valence-corrected chi connectivity index (χ0v) is 8.28. The summed E-state index contributed by atoms with van der Waals surface area (Å²) in [6.07, 6.45) is 1.97. The molecule has 0 spiro atoms. The molecule has 1 aromatic rings. The summed E-state index contributed by atoms with van der Waals surface area (Å²) in [5.74, 6) is 0.0138. The summed E-state index contributed by atoms with van der Waals surface area (Å²) < 4.78 is 23.6. The van der Waals surface area contributed by atoms with Crippen LogP contribution in [0.1, 0.15) is 12.0 Å². The monoisotopic (exact) mass is 212 g/mol. The predicted molar refractivity (Wildman–Crippen MR) is 51.9 cm³/mol. The first-order valence-corrected chi connectivity index (χ1v) is 4.88. The third kappa shape index (κ3) is 2.43. The Morgan fingerprint density at radius 3 is 3.20 bits per heavy atom. The summed E-state index contributed by atoms with van der Waals surface area (Å²) in [6, 6.07) is 1.35. The van der Waals surface area contributed by atoms with Crippen molar-refractivity contribution in [2.75, 3.05) is 13.2 Å². The summed E-state index contributed by atoms with van der Waals surface area (Å²) in [5, 5.41) is 0. The fourth-order valence-electron chi connectivity index (χ4n) is 1.48. The van der Waals surface area contributed by atoms with Crippen molar-refractivity contribution in [2.24, 2.45) is 5.73 Å². The van der Waals surface area contributed by atoms with Crippen molar-refractivity contribution in [3.63, 3.8) is 0 Å². The van der Waals surface area contributed by atoms with Gasteiger partial charge in [0, 0.05) is 18.5 Å². The molecule has 0 aliphatic carbocycles. The molecule has 2 heterocycles. The number of nitrogens with zero attached hydrogens (tertiary/aromatic N) is 1. The lowest BCUT2D eigenvalue weighted by molar-refractivity contribution is 0.137.